The van der Waals surface area contributed by atoms with Gasteiger partial charge in [-0.25, -0.2) is 0 Å². The van der Waals surface area contributed by atoms with Gasteiger partial charge in [-0.1, -0.05) is 30.2 Å². The van der Waals surface area contributed by atoms with Gasteiger partial charge < -0.3 is 5.11 Å². The smallest absolute Gasteiger partial charge is 0.116 e. The summed E-state index contributed by atoms with van der Waals surface area (Å²) in [7, 11) is 0. The van der Waals surface area contributed by atoms with Crippen LogP contribution in [0.4, 0.5) is 0 Å². The van der Waals surface area contributed by atoms with Gasteiger partial charge >= 0.3 is 0 Å². The summed E-state index contributed by atoms with van der Waals surface area (Å²) in [5.74, 6) is 1.88. The molecule has 2 heteroatoms. The minimum Gasteiger partial charge on any atom is -0.508 e. The molecular weight excluding hydrogens is 280 g/mol. The summed E-state index contributed by atoms with van der Waals surface area (Å²) in [4.78, 5) is 0. The van der Waals surface area contributed by atoms with Gasteiger partial charge in [-0.3, -0.25) is 0 Å². The summed E-state index contributed by atoms with van der Waals surface area (Å²) < 4.78 is 0. The van der Waals surface area contributed by atoms with Crippen molar-refractivity contribution in [2.45, 2.75) is 38.0 Å². The van der Waals surface area contributed by atoms with Gasteiger partial charge in [0.15, 0.2) is 0 Å². The van der Waals surface area contributed by atoms with Crippen molar-refractivity contribution in [2.24, 2.45) is 5.92 Å². The lowest BCUT2D eigenvalue weighted by molar-refractivity contribution is 0.418. The van der Waals surface area contributed by atoms with Crippen LogP contribution in [-0.2, 0) is 6.42 Å². The Labute approximate surface area is 130 Å². The first-order valence-corrected chi connectivity index (χ1v) is 8.22. The Morgan fingerprint density at radius 2 is 1.81 bits per heavy atom. The van der Waals surface area contributed by atoms with Gasteiger partial charge in [0, 0.05) is 5.02 Å². The number of benzene rings is 2. The van der Waals surface area contributed by atoms with Crippen LogP contribution < -0.4 is 0 Å². The molecule has 0 saturated heterocycles. The van der Waals surface area contributed by atoms with Gasteiger partial charge in [0.2, 0.25) is 0 Å². The number of phenolic OH excluding ortho intramolecular Hbond substituents is 1. The average Bonchev–Trinajstić information content (AvgIpc) is 2.96. The molecule has 2 aliphatic rings. The maximum Gasteiger partial charge on any atom is 0.116 e. The topological polar surface area (TPSA) is 20.2 Å². The molecule has 0 aliphatic heterocycles. The number of rotatable bonds is 1. The molecule has 1 N–H and O–H groups in total. The second-order valence-corrected chi connectivity index (χ2v) is 6.84. The van der Waals surface area contributed by atoms with Crippen LogP contribution in [0.5, 0.6) is 5.75 Å². The zero-order valence-electron chi connectivity index (χ0n) is 12.0. The van der Waals surface area contributed by atoms with Crippen molar-refractivity contribution < 1.29 is 5.11 Å². The van der Waals surface area contributed by atoms with E-state index in [-0.39, 0.29) is 0 Å². The van der Waals surface area contributed by atoms with Gasteiger partial charge in [0.25, 0.3) is 0 Å². The van der Waals surface area contributed by atoms with Crippen molar-refractivity contribution in [3.05, 3.63) is 52.5 Å². The van der Waals surface area contributed by atoms with E-state index in [1.54, 1.807) is 0 Å². The summed E-state index contributed by atoms with van der Waals surface area (Å²) in [5, 5.41) is 10.9. The zero-order chi connectivity index (χ0) is 14.4. The van der Waals surface area contributed by atoms with Crippen LogP contribution in [0.1, 0.15) is 42.7 Å². The quantitative estimate of drug-likeness (QED) is 0.732. The van der Waals surface area contributed by atoms with E-state index in [1.165, 1.54) is 42.4 Å². The molecule has 1 saturated carbocycles. The largest absolute Gasteiger partial charge is 0.508 e. The highest BCUT2D eigenvalue weighted by atomic mass is 35.5. The van der Waals surface area contributed by atoms with Crippen LogP contribution in [-0.4, -0.2) is 5.11 Å². The van der Waals surface area contributed by atoms with Gasteiger partial charge in [-0.05, 0) is 84.0 Å². The fourth-order valence-electron chi connectivity index (χ4n) is 4.30. The molecule has 0 aromatic heterocycles. The van der Waals surface area contributed by atoms with Crippen molar-refractivity contribution >= 4 is 11.6 Å². The molecule has 21 heavy (non-hydrogen) atoms. The molecule has 0 spiro atoms. The second-order valence-electron chi connectivity index (χ2n) is 6.40. The Balaban J connectivity index is 1.87. The lowest BCUT2D eigenvalue weighted by Crippen LogP contribution is -2.16. The van der Waals surface area contributed by atoms with Crippen LogP contribution in [0.2, 0.25) is 5.02 Å². The summed E-state index contributed by atoms with van der Waals surface area (Å²) in [6.07, 6.45) is 6.40. The highest BCUT2D eigenvalue weighted by Crippen LogP contribution is 2.49. The molecule has 4 rings (SSSR count). The first-order chi connectivity index (χ1) is 10.2. The summed E-state index contributed by atoms with van der Waals surface area (Å²) >= 11 is 6.00. The standard InChI is InChI=1S/C19H19ClO/c20-14-7-4-13(5-8-14)18-10-15(21)11-19-16-3-1-2-12(16)6-9-17(18)19/h4-5,7-8,10-12,16,21H,1-3,6,9H2/t12-,16-/m1/s1. The monoisotopic (exact) mass is 298 g/mol. The fourth-order valence-corrected chi connectivity index (χ4v) is 4.42. The highest BCUT2D eigenvalue weighted by Gasteiger charge is 2.34. The minimum atomic E-state index is 0.395. The van der Waals surface area contributed by atoms with E-state index in [9.17, 15) is 5.11 Å². The Hall–Kier alpha value is -1.47. The van der Waals surface area contributed by atoms with Crippen LogP contribution in [0.25, 0.3) is 11.1 Å². The van der Waals surface area contributed by atoms with E-state index in [0.717, 1.165) is 22.9 Å². The normalized spacial score (nSPS) is 23.7. The first-order valence-electron chi connectivity index (χ1n) is 7.84. The maximum absolute atomic E-state index is 10.2. The molecule has 0 radical (unpaired) electrons. The van der Waals surface area contributed by atoms with E-state index in [4.69, 9.17) is 11.6 Å². The molecule has 1 nitrogen and oxygen atoms in total. The fraction of sp³-hybridized carbons (Fsp3) is 0.368. The van der Waals surface area contributed by atoms with Crippen molar-refractivity contribution in [1.29, 1.82) is 0 Å². The lowest BCUT2D eigenvalue weighted by atomic mass is 9.74. The van der Waals surface area contributed by atoms with Crippen LogP contribution in [0.3, 0.4) is 0 Å². The predicted octanol–water partition coefficient (Wildman–Crippen LogP) is 5.54. The number of phenols is 1. The third-order valence-electron chi connectivity index (χ3n) is 5.25. The molecule has 1 fully saturated rings. The average molecular weight is 299 g/mol. The maximum atomic E-state index is 10.2. The number of halogens is 1. The van der Waals surface area contributed by atoms with E-state index in [2.05, 4.69) is 12.1 Å². The molecule has 2 aromatic carbocycles. The molecule has 0 bridgehead atoms. The highest BCUT2D eigenvalue weighted by molar-refractivity contribution is 6.30. The van der Waals surface area contributed by atoms with Crippen molar-refractivity contribution in [3.63, 3.8) is 0 Å². The first kappa shape index (κ1) is 13.2. The summed E-state index contributed by atoms with van der Waals surface area (Å²) in [5.41, 5.74) is 5.18. The zero-order valence-corrected chi connectivity index (χ0v) is 12.7. The Bertz CT molecular complexity index is 675. The van der Waals surface area contributed by atoms with E-state index in [0.29, 0.717) is 11.7 Å². The van der Waals surface area contributed by atoms with Crippen LogP contribution in [0, 0.1) is 5.92 Å². The Morgan fingerprint density at radius 3 is 2.62 bits per heavy atom. The molecular formula is C19H19ClO. The number of aromatic hydroxyl groups is 1. The van der Waals surface area contributed by atoms with Crippen LogP contribution in [0.15, 0.2) is 36.4 Å². The van der Waals surface area contributed by atoms with E-state index >= 15 is 0 Å². The van der Waals surface area contributed by atoms with Crippen molar-refractivity contribution in [3.8, 4) is 16.9 Å². The summed E-state index contributed by atoms with van der Waals surface area (Å²) in [6, 6.07) is 11.9. The number of hydrogen-bond acceptors (Lipinski definition) is 1. The van der Waals surface area contributed by atoms with Crippen molar-refractivity contribution in [1.82, 2.24) is 0 Å². The van der Waals surface area contributed by atoms with Gasteiger partial charge in [0.1, 0.15) is 5.75 Å². The lowest BCUT2D eigenvalue weighted by Gasteiger charge is -2.30. The SMILES string of the molecule is Oc1cc(-c2ccc(Cl)cc2)c2c(c1)[C@@H]1CCC[C@@H]1CC2. The third kappa shape index (κ3) is 2.24. The molecule has 2 aromatic rings. The summed E-state index contributed by atoms with van der Waals surface area (Å²) in [6.45, 7) is 0. The Morgan fingerprint density at radius 1 is 1.00 bits per heavy atom. The van der Waals surface area contributed by atoms with Crippen molar-refractivity contribution in [2.75, 3.05) is 0 Å². The van der Waals surface area contributed by atoms with Crippen LogP contribution >= 0.6 is 11.6 Å². The van der Waals surface area contributed by atoms with E-state index < -0.39 is 0 Å². The molecule has 0 amide bonds. The molecule has 0 heterocycles. The molecule has 108 valence electrons. The van der Waals surface area contributed by atoms with Gasteiger partial charge in [-0.15, -0.1) is 0 Å². The molecule has 2 aliphatic carbocycles. The molecule has 0 unspecified atom stereocenters. The third-order valence-corrected chi connectivity index (χ3v) is 5.50. The second kappa shape index (κ2) is 5.06. The number of fused-ring (bicyclic) bond motifs is 3. The Kier molecular flexibility index (Phi) is 3.19. The predicted molar refractivity (Wildman–Crippen MR) is 87.0 cm³/mol. The van der Waals surface area contributed by atoms with Gasteiger partial charge in [0.05, 0.1) is 0 Å². The molecule has 2 atom stereocenters. The minimum absolute atomic E-state index is 0.395. The van der Waals surface area contributed by atoms with Gasteiger partial charge in [-0.2, -0.15) is 0 Å². The van der Waals surface area contributed by atoms with E-state index in [1.807, 2.05) is 24.3 Å². The number of hydrogen-bond donors (Lipinski definition) is 1.